The molecule has 0 amide bonds. The maximum atomic E-state index is 5.76. The molecule has 1 aromatic carbocycles. The van der Waals surface area contributed by atoms with E-state index in [-0.39, 0.29) is 11.3 Å². The largest absolute Gasteiger partial charge is 0.465 e. The van der Waals surface area contributed by atoms with Crippen molar-refractivity contribution < 1.29 is 4.42 Å². The Balaban J connectivity index is 2.42. The van der Waals surface area contributed by atoms with Crippen LogP contribution in [0.3, 0.4) is 0 Å². The van der Waals surface area contributed by atoms with Gasteiger partial charge >= 0.3 is 0 Å². The Morgan fingerprint density at radius 3 is 2.21 bits per heavy atom. The number of hydrogen-bond acceptors (Lipinski definition) is 1. The molecular weight excluding hydrogens is 232 g/mol. The molecule has 1 heterocycles. The molecule has 0 saturated heterocycles. The topological polar surface area (TPSA) is 13.1 Å². The molecule has 98 valence electrons. The fourth-order valence-electron chi connectivity index (χ4n) is 1.86. The maximum absolute atomic E-state index is 5.76. The Morgan fingerprint density at radius 2 is 1.68 bits per heavy atom. The Labute approximate surface area is 115 Å². The predicted octanol–water partition coefficient (Wildman–Crippen LogP) is 4.77. The Bertz CT molecular complexity index is 588. The molecule has 2 aromatic rings. The van der Waals surface area contributed by atoms with E-state index in [2.05, 4.69) is 44.7 Å². The second kappa shape index (κ2) is 5.36. The molecule has 19 heavy (non-hydrogen) atoms. The van der Waals surface area contributed by atoms with Crippen LogP contribution in [0, 0.1) is 24.2 Å². The number of hydrogen-bond donors (Lipinski definition) is 0. The zero-order valence-corrected chi connectivity index (χ0v) is 12.0. The summed E-state index contributed by atoms with van der Waals surface area (Å²) in [5.41, 5.74) is 1.17. The first-order chi connectivity index (χ1) is 8.96. The molecule has 0 fully saturated rings. The maximum Gasteiger partial charge on any atom is 0.123 e. The van der Waals surface area contributed by atoms with E-state index >= 15 is 0 Å². The van der Waals surface area contributed by atoms with E-state index in [1.807, 2.05) is 37.3 Å². The molecule has 1 aromatic heterocycles. The van der Waals surface area contributed by atoms with Crippen molar-refractivity contribution in [1.82, 2.24) is 0 Å². The van der Waals surface area contributed by atoms with E-state index in [0.29, 0.717) is 0 Å². The standard InChI is InChI=1S/C18H20O/c1-14-10-11-17(19-14)16(12-13-18(2,3)4)15-8-6-5-7-9-15/h5-11,16H,1-4H3. The number of aryl methyl sites for hydroxylation is 1. The first kappa shape index (κ1) is 13.5. The van der Waals surface area contributed by atoms with Crippen LogP contribution < -0.4 is 0 Å². The SMILES string of the molecule is Cc1ccc(C(C#CC(C)(C)C)c2ccccc2)o1. The second-order valence-corrected chi connectivity index (χ2v) is 5.81. The third-order valence-corrected chi connectivity index (χ3v) is 2.77. The van der Waals surface area contributed by atoms with E-state index in [4.69, 9.17) is 4.42 Å². The van der Waals surface area contributed by atoms with Gasteiger partial charge in [-0.05, 0) is 45.4 Å². The van der Waals surface area contributed by atoms with Crippen molar-refractivity contribution in [1.29, 1.82) is 0 Å². The van der Waals surface area contributed by atoms with Gasteiger partial charge in [-0.2, -0.15) is 0 Å². The van der Waals surface area contributed by atoms with E-state index in [1.165, 1.54) is 5.56 Å². The minimum absolute atomic E-state index is 0.00529. The van der Waals surface area contributed by atoms with Gasteiger partial charge in [-0.25, -0.2) is 0 Å². The molecule has 2 rings (SSSR count). The lowest BCUT2D eigenvalue weighted by Crippen LogP contribution is -2.02. The van der Waals surface area contributed by atoms with Gasteiger partial charge in [-0.15, -0.1) is 0 Å². The van der Waals surface area contributed by atoms with Gasteiger partial charge in [0, 0.05) is 5.41 Å². The molecule has 0 saturated carbocycles. The highest BCUT2D eigenvalue weighted by molar-refractivity contribution is 5.37. The lowest BCUT2D eigenvalue weighted by Gasteiger charge is -2.11. The van der Waals surface area contributed by atoms with Gasteiger partial charge < -0.3 is 4.42 Å². The Hall–Kier alpha value is -1.94. The Morgan fingerprint density at radius 1 is 1.00 bits per heavy atom. The fourth-order valence-corrected chi connectivity index (χ4v) is 1.86. The van der Waals surface area contributed by atoms with Gasteiger partial charge in [-0.1, -0.05) is 42.2 Å². The van der Waals surface area contributed by atoms with E-state index in [9.17, 15) is 0 Å². The lowest BCUT2D eigenvalue weighted by molar-refractivity contribution is 0.482. The first-order valence-corrected chi connectivity index (χ1v) is 6.60. The highest BCUT2D eigenvalue weighted by Crippen LogP contribution is 2.26. The fraction of sp³-hybridized carbons (Fsp3) is 0.333. The van der Waals surface area contributed by atoms with Crippen LogP contribution in [0.15, 0.2) is 46.9 Å². The van der Waals surface area contributed by atoms with Crippen LogP contribution in [0.25, 0.3) is 0 Å². The first-order valence-electron chi connectivity index (χ1n) is 6.60. The summed E-state index contributed by atoms with van der Waals surface area (Å²) in [6, 6.07) is 14.3. The summed E-state index contributed by atoms with van der Waals surface area (Å²) in [5.74, 6) is 8.53. The second-order valence-electron chi connectivity index (χ2n) is 5.81. The van der Waals surface area contributed by atoms with Crippen molar-refractivity contribution in [2.75, 3.05) is 0 Å². The van der Waals surface area contributed by atoms with Crippen LogP contribution in [-0.4, -0.2) is 0 Å². The highest BCUT2D eigenvalue weighted by atomic mass is 16.3. The third-order valence-electron chi connectivity index (χ3n) is 2.77. The van der Waals surface area contributed by atoms with Crippen LogP contribution in [0.4, 0.5) is 0 Å². The van der Waals surface area contributed by atoms with Crippen LogP contribution in [0.2, 0.25) is 0 Å². The zero-order chi connectivity index (χ0) is 13.9. The highest BCUT2D eigenvalue weighted by Gasteiger charge is 2.15. The van der Waals surface area contributed by atoms with Crippen molar-refractivity contribution in [3.63, 3.8) is 0 Å². The van der Waals surface area contributed by atoms with Gasteiger partial charge in [0.05, 0.1) is 0 Å². The normalized spacial score (nSPS) is 12.6. The third kappa shape index (κ3) is 3.76. The lowest BCUT2D eigenvalue weighted by atomic mass is 9.92. The number of benzene rings is 1. The van der Waals surface area contributed by atoms with E-state index in [1.54, 1.807) is 0 Å². The van der Waals surface area contributed by atoms with Crippen molar-refractivity contribution in [3.8, 4) is 11.8 Å². The van der Waals surface area contributed by atoms with Gasteiger partial charge in [0.1, 0.15) is 17.4 Å². The van der Waals surface area contributed by atoms with Gasteiger partial charge in [0.25, 0.3) is 0 Å². The number of furan rings is 1. The van der Waals surface area contributed by atoms with E-state index in [0.717, 1.165) is 11.5 Å². The summed E-state index contributed by atoms with van der Waals surface area (Å²) < 4.78 is 5.76. The molecule has 1 unspecified atom stereocenters. The summed E-state index contributed by atoms with van der Waals surface area (Å²) in [6.07, 6.45) is 0. The smallest absolute Gasteiger partial charge is 0.123 e. The van der Waals surface area contributed by atoms with Crippen LogP contribution >= 0.6 is 0 Å². The molecule has 0 bridgehead atoms. The summed E-state index contributed by atoms with van der Waals surface area (Å²) in [4.78, 5) is 0. The van der Waals surface area contributed by atoms with Gasteiger partial charge in [-0.3, -0.25) is 0 Å². The summed E-state index contributed by atoms with van der Waals surface area (Å²) in [6.45, 7) is 8.32. The zero-order valence-electron chi connectivity index (χ0n) is 12.0. The van der Waals surface area contributed by atoms with Crippen molar-refractivity contribution in [3.05, 3.63) is 59.5 Å². The average molecular weight is 252 g/mol. The average Bonchev–Trinajstić information content (AvgIpc) is 2.76. The molecule has 0 aliphatic rings. The van der Waals surface area contributed by atoms with Crippen LogP contribution in [-0.2, 0) is 0 Å². The number of rotatable bonds is 2. The quantitative estimate of drug-likeness (QED) is 0.702. The predicted molar refractivity (Wildman–Crippen MR) is 79.0 cm³/mol. The van der Waals surface area contributed by atoms with Gasteiger partial charge in [0.2, 0.25) is 0 Å². The minimum Gasteiger partial charge on any atom is -0.465 e. The van der Waals surface area contributed by atoms with Crippen LogP contribution in [0.5, 0.6) is 0 Å². The molecule has 0 aliphatic heterocycles. The van der Waals surface area contributed by atoms with Gasteiger partial charge in [0.15, 0.2) is 0 Å². The summed E-state index contributed by atoms with van der Waals surface area (Å²) in [7, 11) is 0. The minimum atomic E-state index is -0.00529. The molecule has 1 heteroatoms. The van der Waals surface area contributed by atoms with Crippen molar-refractivity contribution >= 4 is 0 Å². The molecular formula is C18H20O. The monoisotopic (exact) mass is 252 g/mol. The van der Waals surface area contributed by atoms with Crippen LogP contribution in [0.1, 0.15) is 43.8 Å². The molecule has 1 nitrogen and oxygen atoms in total. The Kier molecular flexibility index (Phi) is 3.81. The molecule has 0 N–H and O–H groups in total. The molecule has 0 aliphatic carbocycles. The summed E-state index contributed by atoms with van der Waals surface area (Å²) >= 11 is 0. The van der Waals surface area contributed by atoms with Crippen molar-refractivity contribution in [2.45, 2.75) is 33.6 Å². The molecule has 0 spiro atoms. The summed E-state index contributed by atoms with van der Waals surface area (Å²) in [5, 5.41) is 0. The van der Waals surface area contributed by atoms with Crippen molar-refractivity contribution in [2.24, 2.45) is 5.41 Å². The molecule has 0 radical (unpaired) electrons. The van der Waals surface area contributed by atoms with E-state index < -0.39 is 0 Å². The molecule has 1 atom stereocenters.